The first-order valence-electron chi connectivity index (χ1n) is 12.9. The van der Waals surface area contributed by atoms with E-state index in [0.717, 1.165) is 68.5 Å². The SMILES string of the molecule is CCC(=O)C1CC(c2cc[nH]c3cnc4nccc4c23)CCN1N1CCCC(OCC(C)C)C1. The van der Waals surface area contributed by atoms with Crippen LogP contribution in [0, 0.1) is 5.92 Å². The molecule has 3 aromatic rings. The third-order valence-electron chi connectivity index (χ3n) is 7.44. The van der Waals surface area contributed by atoms with Crippen LogP contribution >= 0.6 is 0 Å². The van der Waals surface area contributed by atoms with Gasteiger partial charge in [0.2, 0.25) is 0 Å². The topological polar surface area (TPSA) is 74.4 Å². The Labute approximate surface area is 201 Å². The van der Waals surface area contributed by atoms with Gasteiger partial charge >= 0.3 is 0 Å². The average Bonchev–Trinajstić information content (AvgIpc) is 3.36. The smallest absolute Gasteiger partial charge is 0.159 e. The summed E-state index contributed by atoms with van der Waals surface area (Å²) in [6.07, 6.45) is 10.6. The van der Waals surface area contributed by atoms with E-state index in [1.807, 2.05) is 25.5 Å². The fourth-order valence-corrected chi connectivity index (χ4v) is 5.75. The van der Waals surface area contributed by atoms with Gasteiger partial charge in [0.25, 0.3) is 0 Å². The number of H-pyrrole nitrogens is 1. The highest BCUT2D eigenvalue weighted by molar-refractivity contribution is 6.05. The number of hydrazine groups is 1. The number of nitrogens with one attached hydrogen (secondary N) is 1. The van der Waals surface area contributed by atoms with E-state index in [4.69, 9.17) is 4.74 Å². The van der Waals surface area contributed by atoms with Gasteiger partial charge in [0.05, 0.1) is 23.9 Å². The van der Waals surface area contributed by atoms with Crippen molar-refractivity contribution in [3.05, 3.63) is 36.3 Å². The molecule has 7 heteroatoms. The van der Waals surface area contributed by atoms with E-state index in [1.165, 1.54) is 10.9 Å². The molecule has 0 aromatic carbocycles. The van der Waals surface area contributed by atoms with Crippen molar-refractivity contribution in [2.45, 2.75) is 70.9 Å². The van der Waals surface area contributed by atoms with Gasteiger partial charge < -0.3 is 9.72 Å². The standard InChI is InChI=1S/C27H37N5O2/c1-4-25(33)24-14-19(9-13-32(24)31-12-5-6-20(16-31)34-17-18(2)3)21-7-10-28-23-15-30-27-22(26(21)23)8-11-29-27/h7-8,10-11,15,18-20,24,28H,4-6,9,12-14,16-17H2,1-3H3. The maximum atomic E-state index is 13.2. The number of fused-ring (bicyclic) bond motifs is 3. The molecule has 0 radical (unpaired) electrons. The van der Waals surface area contributed by atoms with Crippen LogP contribution in [-0.4, -0.2) is 69.1 Å². The Balaban J connectivity index is 1.40. The first-order valence-corrected chi connectivity index (χ1v) is 12.9. The number of hydrogen-bond donors (Lipinski definition) is 1. The molecule has 182 valence electrons. The number of rotatable bonds is 7. The van der Waals surface area contributed by atoms with E-state index in [2.05, 4.69) is 50.9 Å². The maximum absolute atomic E-state index is 13.2. The number of pyridine rings is 2. The van der Waals surface area contributed by atoms with Crippen molar-refractivity contribution in [3.63, 3.8) is 0 Å². The summed E-state index contributed by atoms with van der Waals surface area (Å²) in [7, 11) is 0. The van der Waals surface area contributed by atoms with Crippen molar-refractivity contribution in [3.8, 4) is 0 Å². The van der Waals surface area contributed by atoms with Gasteiger partial charge in [-0.1, -0.05) is 20.8 Å². The molecule has 2 aliphatic rings. The van der Waals surface area contributed by atoms with Gasteiger partial charge in [-0.3, -0.25) is 4.79 Å². The Morgan fingerprint density at radius 2 is 2.12 bits per heavy atom. The van der Waals surface area contributed by atoms with Gasteiger partial charge in [0.15, 0.2) is 11.4 Å². The van der Waals surface area contributed by atoms with Crippen LogP contribution in [-0.2, 0) is 9.53 Å². The van der Waals surface area contributed by atoms with Crippen LogP contribution < -0.4 is 0 Å². The molecule has 34 heavy (non-hydrogen) atoms. The van der Waals surface area contributed by atoms with Crippen molar-refractivity contribution >= 4 is 27.7 Å². The van der Waals surface area contributed by atoms with E-state index in [0.29, 0.717) is 24.0 Å². The number of carbonyl (C=O) groups is 1. The van der Waals surface area contributed by atoms with Crippen LogP contribution in [0.1, 0.15) is 64.4 Å². The van der Waals surface area contributed by atoms with Gasteiger partial charge in [0.1, 0.15) is 0 Å². The normalized spacial score (nSPS) is 24.9. The monoisotopic (exact) mass is 463 g/mol. The zero-order valence-corrected chi connectivity index (χ0v) is 20.7. The summed E-state index contributed by atoms with van der Waals surface area (Å²) in [4.78, 5) is 25.5. The fraction of sp³-hybridized carbons (Fsp3) is 0.593. The lowest BCUT2D eigenvalue weighted by Gasteiger charge is -2.47. The number of carbonyl (C=O) groups excluding carboxylic acids is 1. The van der Waals surface area contributed by atoms with Crippen molar-refractivity contribution in [2.24, 2.45) is 5.92 Å². The molecule has 5 rings (SSSR count). The van der Waals surface area contributed by atoms with Crippen LogP contribution in [0.4, 0.5) is 0 Å². The summed E-state index contributed by atoms with van der Waals surface area (Å²) in [6.45, 7) is 9.98. The number of hydrogen-bond acceptors (Lipinski definition) is 6. The molecule has 2 saturated heterocycles. The Morgan fingerprint density at radius 1 is 1.24 bits per heavy atom. The molecule has 3 unspecified atom stereocenters. The predicted octanol–water partition coefficient (Wildman–Crippen LogP) is 4.69. The number of nitrogens with zero attached hydrogens (tertiary/aromatic N) is 4. The lowest BCUT2D eigenvalue weighted by molar-refractivity contribution is -0.151. The lowest BCUT2D eigenvalue weighted by atomic mass is 9.82. The molecule has 2 aliphatic heterocycles. The van der Waals surface area contributed by atoms with E-state index >= 15 is 0 Å². The van der Waals surface area contributed by atoms with E-state index in [-0.39, 0.29) is 12.1 Å². The largest absolute Gasteiger partial charge is 0.377 e. The van der Waals surface area contributed by atoms with Gasteiger partial charge in [-0.2, -0.15) is 0 Å². The highest BCUT2D eigenvalue weighted by Crippen LogP contribution is 2.38. The van der Waals surface area contributed by atoms with Gasteiger partial charge in [-0.25, -0.2) is 20.0 Å². The summed E-state index contributed by atoms with van der Waals surface area (Å²) >= 11 is 0. The highest BCUT2D eigenvalue weighted by Gasteiger charge is 2.38. The Hall–Kier alpha value is -2.35. The Bertz CT molecular complexity index is 1140. The molecule has 2 fully saturated rings. The number of ether oxygens (including phenoxy) is 1. The van der Waals surface area contributed by atoms with Crippen LogP contribution in [0.3, 0.4) is 0 Å². The second-order valence-corrected chi connectivity index (χ2v) is 10.3. The highest BCUT2D eigenvalue weighted by atomic mass is 16.5. The molecule has 3 aromatic heterocycles. The van der Waals surface area contributed by atoms with Crippen LogP contribution in [0.25, 0.3) is 21.9 Å². The number of aromatic amines is 1. The van der Waals surface area contributed by atoms with Crippen molar-refractivity contribution in [1.29, 1.82) is 0 Å². The quantitative estimate of drug-likeness (QED) is 0.548. The average molecular weight is 464 g/mol. The molecule has 5 heterocycles. The van der Waals surface area contributed by atoms with Crippen LogP contribution in [0.2, 0.25) is 0 Å². The molecule has 0 amide bonds. The summed E-state index contributed by atoms with van der Waals surface area (Å²) in [6, 6.07) is 4.16. The molecule has 3 atom stereocenters. The van der Waals surface area contributed by atoms with Crippen LogP contribution in [0.5, 0.6) is 0 Å². The zero-order valence-electron chi connectivity index (χ0n) is 20.7. The first-order chi connectivity index (χ1) is 16.5. The summed E-state index contributed by atoms with van der Waals surface area (Å²) in [5, 5.41) is 7.09. The summed E-state index contributed by atoms with van der Waals surface area (Å²) < 4.78 is 6.19. The van der Waals surface area contributed by atoms with Gasteiger partial charge in [-0.05, 0) is 55.2 Å². The van der Waals surface area contributed by atoms with Crippen LogP contribution in [0.15, 0.2) is 30.7 Å². The Kier molecular flexibility index (Phi) is 6.95. The molecule has 1 N–H and O–H groups in total. The molecule has 0 bridgehead atoms. The van der Waals surface area contributed by atoms with Crippen molar-refractivity contribution < 1.29 is 9.53 Å². The third kappa shape index (κ3) is 4.61. The van der Waals surface area contributed by atoms with Crippen molar-refractivity contribution in [1.82, 2.24) is 25.0 Å². The minimum absolute atomic E-state index is 0.0815. The van der Waals surface area contributed by atoms with E-state index < -0.39 is 0 Å². The number of ketones is 1. The lowest BCUT2D eigenvalue weighted by Crippen LogP contribution is -2.58. The predicted molar refractivity (Wildman–Crippen MR) is 135 cm³/mol. The number of aromatic nitrogens is 3. The molecule has 0 aliphatic carbocycles. The molecular weight excluding hydrogens is 426 g/mol. The summed E-state index contributed by atoms with van der Waals surface area (Å²) in [5.74, 6) is 1.20. The third-order valence-corrected chi connectivity index (χ3v) is 7.44. The van der Waals surface area contributed by atoms with Gasteiger partial charge in [0, 0.05) is 55.8 Å². The molecule has 0 spiro atoms. The van der Waals surface area contributed by atoms with Crippen molar-refractivity contribution in [2.75, 3.05) is 26.2 Å². The Morgan fingerprint density at radius 3 is 2.94 bits per heavy atom. The van der Waals surface area contributed by atoms with E-state index in [1.54, 1.807) is 0 Å². The number of piperidine rings is 2. The second kappa shape index (κ2) is 10.1. The van der Waals surface area contributed by atoms with E-state index in [9.17, 15) is 4.79 Å². The minimum atomic E-state index is -0.0815. The van der Waals surface area contributed by atoms with Gasteiger partial charge in [-0.15, -0.1) is 0 Å². The molecule has 0 saturated carbocycles. The second-order valence-electron chi connectivity index (χ2n) is 10.3. The maximum Gasteiger partial charge on any atom is 0.159 e. The summed E-state index contributed by atoms with van der Waals surface area (Å²) in [5.41, 5.74) is 3.12. The zero-order chi connectivity index (χ0) is 23.7. The number of Topliss-reactive ketones (excluding diaryl/α,β-unsaturated/α-hetero) is 1. The molecular formula is C27H37N5O2. The minimum Gasteiger partial charge on any atom is -0.377 e. The molecule has 7 nitrogen and oxygen atoms in total. The first kappa shape index (κ1) is 23.4. The fourth-order valence-electron chi connectivity index (χ4n) is 5.75.